The van der Waals surface area contributed by atoms with Crippen molar-refractivity contribution in [3.63, 3.8) is 0 Å². The van der Waals surface area contributed by atoms with E-state index in [0.717, 1.165) is 10.2 Å². The molecule has 21 heavy (non-hydrogen) atoms. The second-order valence-corrected chi connectivity index (χ2v) is 6.62. The lowest BCUT2D eigenvalue weighted by Crippen LogP contribution is -2.34. The average molecular weight is 346 g/mol. The lowest BCUT2D eigenvalue weighted by atomic mass is 9.76. The first kappa shape index (κ1) is 14.5. The molecule has 110 valence electrons. The number of aryl methyl sites for hydroxylation is 1. The summed E-state index contributed by atoms with van der Waals surface area (Å²) in [5, 5.41) is 3.62. The van der Waals surface area contributed by atoms with Gasteiger partial charge in [-0.3, -0.25) is 0 Å². The molecule has 2 aromatic rings. The van der Waals surface area contributed by atoms with Crippen LogP contribution in [-0.2, 0) is 0 Å². The third-order valence-corrected chi connectivity index (χ3v) is 4.87. The van der Waals surface area contributed by atoms with Gasteiger partial charge in [0.15, 0.2) is 0 Å². The van der Waals surface area contributed by atoms with Crippen LogP contribution in [0.2, 0.25) is 0 Å². The SMILES string of the molecule is COc1ccc(C2CC(Nc3ccc(C)cc3Br)C2)cc1. The first-order chi connectivity index (χ1) is 10.2. The minimum atomic E-state index is 0.566. The maximum Gasteiger partial charge on any atom is 0.118 e. The molecule has 1 aliphatic rings. The van der Waals surface area contributed by atoms with Crippen molar-refractivity contribution in [2.75, 3.05) is 12.4 Å². The first-order valence-electron chi connectivity index (χ1n) is 7.32. The molecule has 0 heterocycles. The Morgan fingerprint density at radius 2 is 1.81 bits per heavy atom. The minimum Gasteiger partial charge on any atom is -0.497 e. The molecule has 0 saturated heterocycles. The summed E-state index contributed by atoms with van der Waals surface area (Å²) in [6, 6.07) is 15.5. The Hall–Kier alpha value is -1.48. The van der Waals surface area contributed by atoms with Crippen molar-refractivity contribution in [2.24, 2.45) is 0 Å². The summed E-state index contributed by atoms with van der Waals surface area (Å²) in [5.74, 6) is 1.59. The highest BCUT2D eigenvalue weighted by Crippen LogP contribution is 2.39. The van der Waals surface area contributed by atoms with E-state index in [2.05, 4.69) is 58.5 Å². The van der Waals surface area contributed by atoms with Crippen molar-refractivity contribution in [1.82, 2.24) is 0 Å². The molecule has 1 N–H and O–H groups in total. The highest BCUT2D eigenvalue weighted by atomic mass is 79.9. The average Bonchev–Trinajstić information content (AvgIpc) is 2.44. The molecule has 2 nitrogen and oxygen atoms in total. The summed E-state index contributed by atoms with van der Waals surface area (Å²) in [6.45, 7) is 2.11. The van der Waals surface area contributed by atoms with E-state index in [4.69, 9.17) is 4.74 Å². The molecule has 0 bridgehead atoms. The van der Waals surface area contributed by atoms with Gasteiger partial charge in [-0.05, 0) is 77.0 Å². The number of benzene rings is 2. The summed E-state index contributed by atoms with van der Waals surface area (Å²) < 4.78 is 6.35. The number of hydrogen-bond donors (Lipinski definition) is 1. The fraction of sp³-hybridized carbons (Fsp3) is 0.333. The van der Waals surface area contributed by atoms with Crippen LogP contribution in [0.5, 0.6) is 5.75 Å². The van der Waals surface area contributed by atoms with E-state index in [0.29, 0.717) is 12.0 Å². The number of anilines is 1. The van der Waals surface area contributed by atoms with Crippen LogP contribution >= 0.6 is 15.9 Å². The second-order valence-electron chi connectivity index (χ2n) is 5.77. The Morgan fingerprint density at radius 3 is 2.43 bits per heavy atom. The third-order valence-electron chi connectivity index (χ3n) is 4.21. The molecule has 1 aliphatic carbocycles. The van der Waals surface area contributed by atoms with Gasteiger partial charge in [0.25, 0.3) is 0 Å². The summed E-state index contributed by atoms with van der Waals surface area (Å²) in [7, 11) is 1.71. The van der Waals surface area contributed by atoms with Crippen LogP contribution in [0.4, 0.5) is 5.69 Å². The predicted molar refractivity (Wildman–Crippen MR) is 91.3 cm³/mol. The molecule has 1 fully saturated rings. The largest absolute Gasteiger partial charge is 0.497 e. The number of halogens is 1. The summed E-state index contributed by atoms with van der Waals surface area (Å²) in [5.41, 5.74) is 3.88. The molecule has 3 heteroatoms. The van der Waals surface area contributed by atoms with E-state index in [1.807, 2.05) is 12.1 Å². The fourth-order valence-corrected chi connectivity index (χ4v) is 3.45. The molecule has 2 aromatic carbocycles. The zero-order chi connectivity index (χ0) is 14.8. The fourth-order valence-electron chi connectivity index (χ4n) is 2.84. The Balaban J connectivity index is 1.57. The number of methoxy groups -OCH3 is 1. The maximum absolute atomic E-state index is 5.21. The van der Waals surface area contributed by atoms with Crippen LogP contribution in [0.25, 0.3) is 0 Å². The van der Waals surface area contributed by atoms with Crippen LogP contribution < -0.4 is 10.1 Å². The predicted octanol–water partition coefficient (Wildman–Crippen LogP) is 5.12. The number of nitrogens with one attached hydrogen (secondary N) is 1. The Labute approximate surface area is 134 Å². The van der Waals surface area contributed by atoms with E-state index in [1.54, 1.807) is 7.11 Å². The molecule has 0 aliphatic heterocycles. The highest BCUT2D eigenvalue weighted by molar-refractivity contribution is 9.10. The van der Waals surface area contributed by atoms with Gasteiger partial charge in [-0.1, -0.05) is 18.2 Å². The minimum absolute atomic E-state index is 0.566. The molecule has 1 saturated carbocycles. The standard InChI is InChI=1S/C18H20BrNO/c1-12-3-8-18(17(19)9-12)20-15-10-14(11-15)13-4-6-16(21-2)7-5-13/h3-9,14-15,20H,10-11H2,1-2H3. The third kappa shape index (κ3) is 3.24. The monoisotopic (exact) mass is 345 g/mol. The number of hydrogen-bond acceptors (Lipinski definition) is 2. The normalized spacial score (nSPS) is 20.7. The van der Waals surface area contributed by atoms with E-state index < -0.39 is 0 Å². The zero-order valence-corrected chi connectivity index (χ0v) is 14.0. The summed E-state index contributed by atoms with van der Waals surface area (Å²) >= 11 is 3.63. The van der Waals surface area contributed by atoms with Gasteiger partial charge < -0.3 is 10.1 Å². The van der Waals surface area contributed by atoms with Crippen molar-refractivity contribution in [3.05, 3.63) is 58.1 Å². The lowest BCUT2D eigenvalue weighted by Gasteiger charge is -2.37. The van der Waals surface area contributed by atoms with E-state index in [9.17, 15) is 0 Å². The van der Waals surface area contributed by atoms with Crippen molar-refractivity contribution >= 4 is 21.6 Å². The molecule has 0 aromatic heterocycles. The Kier molecular flexibility index (Phi) is 4.20. The molecule has 0 amide bonds. The molecule has 0 radical (unpaired) electrons. The first-order valence-corrected chi connectivity index (χ1v) is 8.11. The van der Waals surface area contributed by atoms with Crippen molar-refractivity contribution in [2.45, 2.75) is 31.7 Å². The molecule has 0 atom stereocenters. The van der Waals surface area contributed by atoms with Crippen molar-refractivity contribution in [1.29, 1.82) is 0 Å². The van der Waals surface area contributed by atoms with Crippen LogP contribution in [-0.4, -0.2) is 13.2 Å². The van der Waals surface area contributed by atoms with Crippen LogP contribution in [0, 0.1) is 6.92 Å². The van der Waals surface area contributed by atoms with E-state index in [-0.39, 0.29) is 0 Å². The van der Waals surface area contributed by atoms with Gasteiger partial charge in [0.05, 0.1) is 7.11 Å². The smallest absolute Gasteiger partial charge is 0.118 e. The quantitative estimate of drug-likeness (QED) is 0.829. The molecular weight excluding hydrogens is 326 g/mol. The summed E-state index contributed by atoms with van der Waals surface area (Å²) in [6.07, 6.45) is 2.37. The molecule has 0 spiro atoms. The highest BCUT2D eigenvalue weighted by Gasteiger charge is 2.30. The van der Waals surface area contributed by atoms with Gasteiger partial charge in [0.1, 0.15) is 5.75 Å². The van der Waals surface area contributed by atoms with Crippen LogP contribution in [0.15, 0.2) is 46.9 Å². The zero-order valence-electron chi connectivity index (χ0n) is 12.4. The van der Waals surface area contributed by atoms with Gasteiger partial charge in [-0.25, -0.2) is 0 Å². The number of rotatable bonds is 4. The van der Waals surface area contributed by atoms with Gasteiger partial charge >= 0.3 is 0 Å². The van der Waals surface area contributed by atoms with Crippen LogP contribution in [0.1, 0.15) is 29.9 Å². The van der Waals surface area contributed by atoms with Crippen LogP contribution in [0.3, 0.4) is 0 Å². The second kappa shape index (κ2) is 6.10. The topological polar surface area (TPSA) is 21.3 Å². The Morgan fingerprint density at radius 1 is 1.10 bits per heavy atom. The van der Waals surface area contributed by atoms with Crippen molar-refractivity contribution in [3.8, 4) is 5.75 Å². The maximum atomic E-state index is 5.21. The molecular formula is C18H20BrNO. The molecule has 3 rings (SSSR count). The van der Waals surface area contributed by atoms with Gasteiger partial charge in [0.2, 0.25) is 0 Å². The lowest BCUT2D eigenvalue weighted by molar-refractivity contribution is 0.373. The molecule has 0 unspecified atom stereocenters. The van der Waals surface area contributed by atoms with Crippen molar-refractivity contribution < 1.29 is 4.74 Å². The van der Waals surface area contributed by atoms with Gasteiger partial charge in [-0.15, -0.1) is 0 Å². The number of ether oxygens (including phenoxy) is 1. The Bertz CT molecular complexity index is 618. The van der Waals surface area contributed by atoms with E-state index in [1.165, 1.54) is 29.7 Å². The van der Waals surface area contributed by atoms with E-state index >= 15 is 0 Å². The van der Waals surface area contributed by atoms with Gasteiger partial charge in [0, 0.05) is 16.2 Å². The van der Waals surface area contributed by atoms with Gasteiger partial charge in [-0.2, -0.15) is 0 Å². The summed E-state index contributed by atoms with van der Waals surface area (Å²) in [4.78, 5) is 0.